The van der Waals surface area contributed by atoms with Crippen LogP contribution in [0, 0.1) is 20.8 Å². The zero-order valence-electron chi connectivity index (χ0n) is 17.3. The molecule has 0 aliphatic carbocycles. The van der Waals surface area contributed by atoms with Crippen LogP contribution in [0.25, 0.3) is 11.1 Å². The molecule has 152 valence electrons. The first kappa shape index (κ1) is 19.7. The number of rotatable bonds is 5. The van der Waals surface area contributed by atoms with E-state index in [0.29, 0.717) is 17.6 Å². The van der Waals surface area contributed by atoms with E-state index in [2.05, 4.69) is 32.4 Å². The molecular weight excluding hydrogens is 384 g/mol. The Hall–Kier alpha value is -2.58. The molecule has 1 fully saturated rings. The molecule has 7 nitrogen and oxygen atoms in total. The van der Waals surface area contributed by atoms with Crippen LogP contribution >= 0.6 is 11.3 Å². The molecule has 29 heavy (non-hydrogen) atoms. The second-order valence-electron chi connectivity index (χ2n) is 7.75. The van der Waals surface area contributed by atoms with Gasteiger partial charge in [-0.2, -0.15) is 5.10 Å². The fourth-order valence-electron chi connectivity index (χ4n) is 3.75. The fourth-order valence-corrected chi connectivity index (χ4v) is 4.58. The number of nitrogens with one attached hydrogen (secondary N) is 1. The fraction of sp³-hybridized carbons (Fsp3) is 0.429. The van der Waals surface area contributed by atoms with Crippen molar-refractivity contribution in [2.45, 2.75) is 33.1 Å². The summed E-state index contributed by atoms with van der Waals surface area (Å²) < 4.78 is 1.81. The Morgan fingerprint density at radius 3 is 2.76 bits per heavy atom. The minimum absolute atomic E-state index is 0.00681. The lowest BCUT2D eigenvalue weighted by molar-refractivity contribution is -0.117. The highest BCUT2D eigenvalue weighted by molar-refractivity contribution is 7.15. The number of nitrogens with zero attached hydrogens (tertiary/aromatic N) is 5. The molecule has 0 spiro atoms. The number of carbonyl (C=O) groups is 1. The molecule has 8 heteroatoms. The van der Waals surface area contributed by atoms with E-state index in [0.717, 1.165) is 52.6 Å². The van der Waals surface area contributed by atoms with Crippen molar-refractivity contribution in [1.29, 1.82) is 0 Å². The average Bonchev–Trinajstić information content (AvgIpc) is 3.36. The van der Waals surface area contributed by atoms with Gasteiger partial charge in [0.05, 0.1) is 18.4 Å². The summed E-state index contributed by atoms with van der Waals surface area (Å²) in [6.07, 6.45) is 4.91. The summed E-state index contributed by atoms with van der Waals surface area (Å²) in [7, 11) is 1.92. The molecule has 1 aliphatic heterocycles. The smallest absolute Gasteiger partial charge is 0.240 e. The van der Waals surface area contributed by atoms with Crippen molar-refractivity contribution in [1.82, 2.24) is 24.6 Å². The first-order valence-electron chi connectivity index (χ1n) is 9.81. The Kier molecular flexibility index (Phi) is 5.47. The zero-order chi connectivity index (χ0) is 20.5. The molecule has 1 unspecified atom stereocenters. The zero-order valence-corrected chi connectivity index (χ0v) is 18.1. The molecule has 0 aromatic carbocycles. The van der Waals surface area contributed by atoms with Gasteiger partial charge < -0.3 is 5.32 Å². The summed E-state index contributed by atoms with van der Waals surface area (Å²) in [5, 5.41) is 7.89. The Labute approximate surface area is 174 Å². The van der Waals surface area contributed by atoms with Crippen LogP contribution in [-0.4, -0.2) is 50.2 Å². The molecule has 1 N–H and O–H groups in total. The van der Waals surface area contributed by atoms with Crippen LogP contribution in [0.2, 0.25) is 0 Å². The van der Waals surface area contributed by atoms with E-state index < -0.39 is 0 Å². The number of aromatic nitrogens is 4. The van der Waals surface area contributed by atoms with Crippen molar-refractivity contribution in [2.75, 3.05) is 25.0 Å². The second-order valence-corrected chi connectivity index (χ2v) is 8.96. The van der Waals surface area contributed by atoms with Crippen molar-refractivity contribution in [2.24, 2.45) is 7.05 Å². The Morgan fingerprint density at radius 2 is 2.07 bits per heavy atom. The van der Waals surface area contributed by atoms with Gasteiger partial charge in [-0.1, -0.05) is 0 Å². The third kappa shape index (κ3) is 4.54. The maximum Gasteiger partial charge on any atom is 0.240 e. The van der Waals surface area contributed by atoms with Gasteiger partial charge >= 0.3 is 0 Å². The van der Waals surface area contributed by atoms with Gasteiger partial charge in [0.25, 0.3) is 0 Å². The number of hydrogen-bond donors (Lipinski definition) is 1. The lowest BCUT2D eigenvalue weighted by Crippen LogP contribution is -2.31. The highest BCUT2D eigenvalue weighted by atomic mass is 32.1. The summed E-state index contributed by atoms with van der Waals surface area (Å²) in [6, 6.07) is 4.26. The highest BCUT2D eigenvalue weighted by Gasteiger charge is 2.27. The van der Waals surface area contributed by atoms with Gasteiger partial charge in [0.15, 0.2) is 5.13 Å². The van der Waals surface area contributed by atoms with Crippen LogP contribution in [-0.2, 0) is 11.8 Å². The van der Waals surface area contributed by atoms with Gasteiger partial charge in [-0.3, -0.25) is 19.4 Å². The molecule has 1 saturated heterocycles. The first-order valence-corrected chi connectivity index (χ1v) is 10.6. The number of hydrogen-bond acceptors (Lipinski definition) is 6. The lowest BCUT2D eigenvalue weighted by Gasteiger charge is -2.15. The maximum absolute atomic E-state index is 12.4. The Balaban J connectivity index is 1.40. The van der Waals surface area contributed by atoms with Crippen molar-refractivity contribution in [3.8, 4) is 11.1 Å². The number of carbonyl (C=O) groups excluding carboxylic acids is 1. The normalized spacial score (nSPS) is 17.0. The monoisotopic (exact) mass is 410 g/mol. The lowest BCUT2D eigenvalue weighted by atomic mass is 10.00. The number of thiazole rings is 1. The predicted octanol–water partition coefficient (Wildman–Crippen LogP) is 3.29. The third-order valence-electron chi connectivity index (χ3n) is 5.34. The van der Waals surface area contributed by atoms with Crippen molar-refractivity contribution >= 4 is 22.4 Å². The van der Waals surface area contributed by atoms with E-state index >= 15 is 0 Å². The maximum atomic E-state index is 12.4. The summed E-state index contributed by atoms with van der Waals surface area (Å²) in [5.74, 6) is 0.329. The van der Waals surface area contributed by atoms with Crippen LogP contribution in [0.3, 0.4) is 0 Å². The first-order chi connectivity index (χ1) is 13.9. The predicted molar refractivity (Wildman–Crippen MR) is 115 cm³/mol. The molecule has 4 rings (SSSR count). The summed E-state index contributed by atoms with van der Waals surface area (Å²) in [6.45, 7) is 8.12. The quantitative estimate of drug-likeness (QED) is 0.698. The molecule has 3 aromatic heterocycles. The molecule has 0 saturated carbocycles. The minimum Gasteiger partial charge on any atom is -0.301 e. The van der Waals surface area contributed by atoms with E-state index in [9.17, 15) is 4.79 Å². The number of pyridine rings is 1. The number of likely N-dealkylation sites (tertiary alicyclic amines) is 1. The summed E-state index contributed by atoms with van der Waals surface area (Å²) in [4.78, 5) is 24.9. The van der Waals surface area contributed by atoms with Gasteiger partial charge in [0.2, 0.25) is 5.91 Å². The largest absolute Gasteiger partial charge is 0.301 e. The molecule has 0 radical (unpaired) electrons. The SMILES string of the molecule is Cc1cc(-c2cnn(C)c2)cc(C2CCN(CC(=O)Nc3nc(C)c(C)s3)C2)n1. The topological polar surface area (TPSA) is 75.9 Å². The standard InChI is InChI=1S/C21H26N6OS/c1-13-7-17(18-9-22-26(4)10-18)8-19(23-13)16-5-6-27(11-16)12-20(28)25-21-24-14(2)15(3)29-21/h7-10,16H,5-6,11-12H2,1-4H3,(H,24,25,28). The molecule has 1 amide bonds. The molecule has 1 atom stereocenters. The molecular formula is C21H26N6OS. The van der Waals surface area contributed by atoms with Crippen LogP contribution in [0.1, 0.15) is 34.3 Å². The van der Waals surface area contributed by atoms with Crippen molar-refractivity contribution in [3.05, 3.63) is 46.5 Å². The van der Waals surface area contributed by atoms with Crippen molar-refractivity contribution < 1.29 is 4.79 Å². The van der Waals surface area contributed by atoms with Gasteiger partial charge in [0, 0.05) is 47.5 Å². The molecule has 0 bridgehead atoms. The van der Waals surface area contributed by atoms with Gasteiger partial charge in [-0.05, 0) is 51.4 Å². The van der Waals surface area contributed by atoms with Gasteiger partial charge in [-0.25, -0.2) is 4.98 Å². The third-order valence-corrected chi connectivity index (χ3v) is 6.33. The van der Waals surface area contributed by atoms with Crippen LogP contribution in [0.4, 0.5) is 5.13 Å². The van der Waals surface area contributed by atoms with Gasteiger partial charge in [-0.15, -0.1) is 11.3 Å². The molecule has 1 aliphatic rings. The van der Waals surface area contributed by atoms with E-state index in [1.165, 1.54) is 11.3 Å². The van der Waals surface area contributed by atoms with E-state index in [4.69, 9.17) is 4.98 Å². The Bertz CT molecular complexity index is 1020. The highest BCUT2D eigenvalue weighted by Crippen LogP contribution is 2.29. The van der Waals surface area contributed by atoms with Crippen molar-refractivity contribution in [3.63, 3.8) is 0 Å². The summed E-state index contributed by atoms with van der Waals surface area (Å²) in [5.41, 5.74) is 5.32. The van der Waals surface area contributed by atoms with Crippen LogP contribution in [0.5, 0.6) is 0 Å². The number of amides is 1. The number of aryl methyl sites for hydroxylation is 4. The van der Waals surface area contributed by atoms with Crippen LogP contribution in [0.15, 0.2) is 24.5 Å². The second kappa shape index (κ2) is 8.04. The van der Waals surface area contributed by atoms with E-state index in [1.54, 1.807) is 0 Å². The van der Waals surface area contributed by atoms with Gasteiger partial charge in [0.1, 0.15) is 0 Å². The summed E-state index contributed by atoms with van der Waals surface area (Å²) >= 11 is 1.52. The van der Waals surface area contributed by atoms with E-state index in [1.807, 2.05) is 44.9 Å². The number of anilines is 1. The Morgan fingerprint density at radius 1 is 1.24 bits per heavy atom. The van der Waals surface area contributed by atoms with E-state index in [-0.39, 0.29) is 5.91 Å². The minimum atomic E-state index is -0.00681. The molecule has 4 heterocycles. The average molecular weight is 411 g/mol. The molecule has 3 aromatic rings. The van der Waals surface area contributed by atoms with Crippen LogP contribution < -0.4 is 5.32 Å².